The van der Waals surface area contributed by atoms with Crippen molar-refractivity contribution in [2.75, 3.05) is 5.73 Å². The van der Waals surface area contributed by atoms with Gasteiger partial charge >= 0.3 is 5.97 Å². The smallest absolute Gasteiger partial charge is 0.336 e. The minimum atomic E-state index is -1.01. The van der Waals surface area contributed by atoms with E-state index in [1.807, 2.05) is 0 Å². The number of anilines is 1. The van der Waals surface area contributed by atoms with Crippen LogP contribution in [0, 0.1) is 0 Å². The van der Waals surface area contributed by atoms with Crippen LogP contribution in [0.25, 0.3) is 11.3 Å². The fourth-order valence-corrected chi connectivity index (χ4v) is 1.30. The molecule has 76 valence electrons. The highest BCUT2D eigenvalue weighted by Gasteiger charge is 2.13. The first-order valence-corrected chi connectivity index (χ1v) is 4.22. The molecule has 1 aromatic carbocycles. The quantitative estimate of drug-likeness (QED) is 0.775. The summed E-state index contributed by atoms with van der Waals surface area (Å²) in [6.45, 7) is 0. The molecule has 0 aliphatic heterocycles. The van der Waals surface area contributed by atoms with Crippen molar-refractivity contribution in [2.45, 2.75) is 0 Å². The van der Waals surface area contributed by atoms with Crippen LogP contribution in [-0.2, 0) is 0 Å². The first kappa shape index (κ1) is 9.26. The SMILES string of the molecule is Nc1ncc(-c2ccccc2C(=O)O)o1. The van der Waals surface area contributed by atoms with Gasteiger partial charge in [0.05, 0.1) is 11.8 Å². The molecule has 15 heavy (non-hydrogen) atoms. The Kier molecular flexibility index (Phi) is 2.13. The zero-order valence-corrected chi connectivity index (χ0v) is 7.68. The summed E-state index contributed by atoms with van der Waals surface area (Å²) in [5.41, 5.74) is 5.94. The van der Waals surface area contributed by atoms with Crippen LogP contribution in [0.15, 0.2) is 34.9 Å². The summed E-state index contributed by atoms with van der Waals surface area (Å²) in [5.74, 6) is -0.661. The number of nitrogens with zero attached hydrogens (tertiary/aromatic N) is 1. The van der Waals surface area contributed by atoms with E-state index in [0.29, 0.717) is 11.3 Å². The Hall–Kier alpha value is -2.30. The van der Waals surface area contributed by atoms with Gasteiger partial charge in [0.1, 0.15) is 0 Å². The number of benzene rings is 1. The summed E-state index contributed by atoms with van der Waals surface area (Å²) in [4.78, 5) is 14.6. The maximum Gasteiger partial charge on any atom is 0.336 e. The lowest BCUT2D eigenvalue weighted by Crippen LogP contribution is -1.98. The fourth-order valence-electron chi connectivity index (χ4n) is 1.30. The minimum absolute atomic E-state index is 0.0187. The molecule has 0 amide bonds. The van der Waals surface area contributed by atoms with Crippen molar-refractivity contribution in [1.29, 1.82) is 0 Å². The molecule has 0 fully saturated rings. The molecule has 1 aromatic heterocycles. The summed E-state index contributed by atoms with van der Waals surface area (Å²) in [5, 5.41) is 8.94. The number of nitrogens with two attached hydrogens (primary N) is 1. The van der Waals surface area contributed by atoms with Gasteiger partial charge in [-0.25, -0.2) is 9.78 Å². The normalized spacial score (nSPS) is 10.1. The van der Waals surface area contributed by atoms with Gasteiger partial charge in [0.25, 0.3) is 6.01 Å². The molecule has 0 radical (unpaired) electrons. The molecule has 0 saturated carbocycles. The fraction of sp³-hybridized carbons (Fsp3) is 0. The van der Waals surface area contributed by atoms with Gasteiger partial charge in [-0.15, -0.1) is 0 Å². The summed E-state index contributed by atoms with van der Waals surface area (Å²) in [6, 6.07) is 6.53. The summed E-state index contributed by atoms with van der Waals surface area (Å²) in [6.07, 6.45) is 1.40. The lowest BCUT2D eigenvalue weighted by atomic mass is 10.1. The van der Waals surface area contributed by atoms with Crippen LogP contribution in [-0.4, -0.2) is 16.1 Å². The summed E-state index contributed by atoms with van der Waals surface area (Å²) >= 11 is 0. The standard InChI is InChI=1S/C10H8N2O3/c11-10-12-5-8(15-10)6-3-1-2-4-7(6)9(13)14/h1-5H,(H2,11,12)(H,13,14). The average molecular weight is 204 g/mol. The van der Waals surface area contributed by atoms with Gasteiger partial charge in [-0.2, -0.15) is 0 Å². The summed E-state index contributed by atoms with van der Waals surface area (Å²) < 4.78 is 5.06. The van der Waals surface area contributed by atoms with E-state index >= 15 is 0 Å². The van der Waals surface area contributed by atoms with E-state index in [1.165, 1.54) is 12.3 Å². The molecule has 0 aliphatic carbocycles. The van der Waals surface area contributed by atoms with Crippen LogP contribution in [0.2, 0.25) is 0 Å². The maximum atomic E-state index is 10.9. The van der Waals surface area contributed by atoms with Crippen molar-refractivity contribution in [3.8, 4) is 11.3 Å². The number of carboxylic acid groups (broad SMARTS) is 1. The molecular formula is C10H8N2O3. The third-order valence-electron chi connectivity index (χ3n) is 1.95. The van der Waals surface area contributed by atoms with E-state index < -0.39 is 5.97 Å². The van der Waals surface area contributed by atoms with E-state index in [1.54, 1.807) is 18.2 Å². The number of hydrogen-bond acceptors (Lipinski definition) is 4. The molecule has 0 bridgehead atoms. The molecule has 0 aliphatic rings. The van der Waals surface area contributed by atoms with Crippen molar-refractivity contribution in [3.63, 3.8) is 0 Å². The molecule has 0 atom stereocenters. The predicted octanol–water partition coefficient (Wildman–Crippen LogP) is 1.62. The monoisotopic (exact) mass is 204 g/mol. The lowest BCUT2D eigenvalue weighted by Gasteiger charge is -2.00. The molecule has 0 unspecified atom stereocenters. The molecule has 0 saturated heterocycles. The number of rotatable bonds is 2. The van der Waals surface area contributed by atoms with Crippen molar-refractivity contribution in [1.82, 2.24) is 4.98 Å². The number of carboxylic acids is 1. The Morgan fingerprint density at radius 1 is 1.40 bits per heavy atom. The summed E-state index contributed by atoms with van der Waals surface area (Å²) in [7, 11) is 0. The molecule has 2 aromatic rings. The average Bonchev–Trinajstić information content (AvgIpc) is 2.65. The van der Waals surface area contributed by atoms with Crippen molar-refractivity contribution in [3.05, 3.63) is 36.0 Å². The van der Waals surface area contributed by atoms with Crippen LogP contribution >= 0.6 is 0 Å². The number of oxazole rings is 1. The van der Waals surface area contributed by atoms with E-state index in [-0.39, 0.29) is 11.6 Å². The number of aromatic nitrogens is 1. The van der Waals surface area contributed by atoms with Crippen LogP contribution in [0.1, 0.15) is 10.4 Å². The number of hydrogen-bond donors (Lipinski definition) is 2. The first-order valence-electron chi connectivity index (χ1n) is 4.22. The molecular weight excluding hydrogens is 196 g/mol. The van der Waals surface area contributed by atoms with E-state index in [4.69, 9.17) is 15.3 Å². The van der Waals surface area contributed by atoms with Gasteiger partial charge in [0.15, 0.2) is 5.76 Å². The molecule has 1 heterocycles. The third-order valence-corrected chi connectivity index (χ3v) is 1.95. The Bertz CT molecular complexity index is 505. The Morgan fingerprint density at radius 3 is 2.73 bits per heavy atom. The second kappa shape index (κ2) is 3.45. The van der Waals surface area contributed by atoms with E-state index in [0.717, 1.165) is 0 Å². The van der Waals surface area contributed by atoms with Gasteiger partial charge in [-0.3, -0.25) is 0 Å². The van der Waals surface area contributed by atoms with Crippen molar-refractivity contribution in [2.24, 2.45) is 0 Å². The highest BCUT2D eigenvalue weighted by Crippen LogP contribution is 2.24. The molecule has 5 heteroatoms. The van der Waals surface area contributed by atoms with Gasteiger partial charge in [0.2, 0.25) is 0 Å². The van der Waals surface area contributed by atoms with Crippen molar-refractivity contribution < 1.29 is 14.3 Å². The number of nitrogen functional groups attached to an aromatic ring is 1. The molecule has 2 rings (SSSR count). The Balaban J connectivity index is 2.57. The Morgan fingerprint density at radius 2 is 2.13 bits per heavy atom. The van der Waals surface area contributed by atoms with E-state index in [2.05, 4.69) is 4.98 Å². The molecule has 3 N–H and O–H groups in total. The predicted molar refractivity (Wildman–Crippen MR) is 53.3 cm³/mol. The highest BCUT2D eigenvalue weighted by molar-refractivity contribution is 5.95. The zero-order chi connectivity index (χ0) is 10.8. The van der Waals surface area contributed by atoms with Crippen molar-refractivity contribution >= 4 is 12.0 Å². The first-order chi connectivity index (χ1) is 7.18. The Labute approximate surface area is 85.2 Å². The van der Waals surface area contributed by atoms with Crippen LogP contribution in [0.5, 0.6) is 0 Å². The number of carbonyl (C=O) groups is 1. The van der Waals surface area contributed by atoms with E-state index in [9.17, 15) is 4.79 Å². The maximum absolute atomic E-state index is 10.9. The van der Waals surface area contributed by atoms with Crippen LogP contribution < -0.4 is 5.73 Å². The van der Waals surface area contributed by atoms with Gasteiger partial charge in [-0.05, 0) is 6.07 Å². The second-order valence-corrected chi connectivity index (χ2v) is 2.91. The van der Waals surface area contributed by atoms with Gasteiger partial charge < -0.3 is 15.3 Å². The largest absolute Gasteiger partial charge is 0.478 e. The van der Waals surface area contributed by atoms with Gasteiger partial charge in [0, 0.05) is 5.56 Å². The van der Waals surface area contributed by atoms with Crippen LogP contribution in [0.4, 0.5) is 6.01 Å². The minimum Gasteiger partial charge on any atom is -0.478 e. The second-order valence-electron chi connectivity index (χ2n) is 2.91. The lowest BCUT2D eigenvalue weighted by molar-refractivity contribution is 0.0697. The number of aromatic carboxylic acids is 1. The van der Waals surface area contributed by atoms with Crippen LogP contribution in [0.3, 0.4) is 0 Å². The topological polar surface area (TPSA) is 89.3 Å². The van der Waals surface area contributed by atoms with Gasteiger partial charge in [-0.1, -0.05) is 18.2 Å². The third kappa shape index (κ3) is 1.67. The molecule has 5 nitrogen and oxygen atoms in total. The molecule has 0 spiro atoms. The highest BCUT2D eigenvalue weighted by atomic mass is 16.4. The zero-order valence-electron chi connectivity index (χ0n) is 7.68.